The number of hydrogen-bond donors (Lipinski definition) is 1. The molecule has 0 bridgehead atoms. The summed E-state index contributed by atoms with van der Waals surface area (Å²) in [5, 5.41) is 9.60. The Morgan fingerprint density at radius 3 is 2.90 bits per heavy atom. The second-order valence-corrected chi connectivity index (χ2v) is 8.29. The molecule has 1 amide bonds. The van der Waals surface area contributed by atoms with Crippen LogP contribution in [-0.4, -0.2) is 20.3 Å². The van der Waals surface area contributed by atoms with Gasteiger partial charge in [-0.25, -0.2) is 0 Å². The second kappa shape index (κ2) is 8.00. The van der Waals surface area contributed by atoms with Crippen molar-refractivity contribution in [2.45, 2.75) is 38.4 Å². The van der Waals surface area contributed by atoms with Crippen LogP contribution in [0.15, 0.2) is 67.0 Å². The molecule has 152 valence electrons. The fourth-order valence-corrected chi connectivity index (χ4v) is 4.52. The van der Waals surface area contributed by atoms with E-state index < -0.39 is 0 Å². The molecule has 2 aromatic carbocycles. The predicted octanol–water partition coefficient (Wildman–Crippen LogP) is 4.73. The van der Waals surface area contributed by atoms with Crippen molar-refractivity contribution in [2.75, 3.05) is 0 Å². The Bertz CT molecular complexity index is 1190. The number of nitrogens with one attached hydrogen (secondary N) is 1. The molecule has 0 radical (unpaired) electrons. The Hall–Kier alpha value is -3.05. The summed E-state index contributed by atoms with van der Waals surface area (Å²) < 4.78 is 4.02. The van der Waals surface area contributed by atoms with Crippen LogP contribution < -0.4 is 5.32 Å². The molecule has 30 heavy (non-hydrogen) atoms. The SMILES string of the molecule is O=C(Cn1ccc2ccc(Cl)cc21)NC1CCCc2c1cnn2Cc1ccccc1. The van der Waals surface area contributed by atoms with Gasteiger partial charge in [0.2, 0.25) is 5.91 Å². The number of amides is 1. The number of nitrogens with zero attached hydrogens (tertiary/aromatic N) is 3. The lowest BCUT2D eigenvalue weighted by atomic mass is 9.93. The van der Waals surface area contributed by atoms with Crippen molar-refractivity contribution >= 4 is 28.4 Å². The first kappa shape index (κ1) is 18.9. The molecular formula is C24H23ClN4O. The normalized spacial score (nSPS) is 15.8. The van der Waals surface area contributed by atoms with Gasteiger partial charge in [-0.15, -0.1) is 0 Å². The molecule has 1 aliphatic carbocycles. The highest BCUT2D eigenvalue weighted by Gasteiger charge is 2.25. The third-order valence-electron chi connectivity index (χ3n) is 5.82. The minimum Gasteiger partial charge on any atom is -0.348 e. The van der Waals surface area contributed by atoms with Crippen molar-refractivity contribution < 1.29 is 4.79 Å². The van der Waals surface area contributed by atoms with Crippen molar-refractivity contribution in [2.24, 2.45) is 0 Å². The second-order valence-electron chi connectivity index (χ2n) is 7.85. The Labute approximate surface area is 180 Å². The van der Waals surface area contributed by atoms with Crippen molar-refractivity contribution in [1.29, 1.82) is 0 Å². The van der Waals surface area contributed by atoms with E-state index in [1.807, 2.05) is 59.4 Å². The van der Waals surface area contributed by atoms with Gasteiger partial charge < -0.3 is 9.88 Å². The van der Waals surface area contributed by atoms with Crippen LogP contribution in [0.3, 0.4) is 0 Å². The molecule has 0 fully saturated rings. The van der Waals surface area contributed by atoms with Crippen LogP contribution in [0.1, 0.15) is 35.7 Å². The highest BCUT2D eigenvalue weighted by atomic mass is 35.5. The van der Waals surface area contributed by atoms with Crippen molar-refractivity contribution in [3.05, 3.63) is 88.8 Å². The Morgan fingerprint density at radius 1 is 1.17 bits per heavy atom. The van der Waals surface area contributed by atoms with Gasteiger partial charge in [0.15, 0.2) is 0 Å². The number of halogens is 1. The van der Waals surface area contributed by atoms with E-state index in [4.69, 9.17) is 11.6 Å². The number of aromatic nitrogens is 3. The van der Waals surface area contributed by atoms with E-state index in [1.165, 1.54) is 11.3 Å². The summed E-state index contributed by atoms with van der Waals surface area (Å²) in [5.74, 6) is 0.00105. The first-order chi connectivity index (χ1) is 14.7. The Kier molecular flexibility index (Phi) is 5.05. The van der Waals surface area contributed by atoms with E-state index in [2.05, 4.69) is 27.2 Å². The van der Waals surface area contributed by atoms with Crippen LogP contribution in [0.4, 0.5) is 0 Å². The molecule has 2 heterocycles. The predicted molar refractivity (Wildman–Crippen MR) is 119 cm³/mol. The van der Waals surface area contributed by atoms with E-state index in [0.29, 0.717) is 5.02 Å². The maximum absolute atomic E-state index is 12.8. The molecular weight excluding hydrogens is 396 g/mol. The first-order valence-corrected chi connectivity index (χ1v) is 10.7. The molecule has 5 rings (SSSR count). The van der Waals surface area contributed by atoms with Crippen LogP contribution in [0.5, 0.6) is 0 Å². The Morgan fingerprint density at radius 2 is 2.03 bits per heavy atom. The maximum atomic E-state index is 12.8. The van der Waals surface area contributed by atoms with Gasteiger partial charge in [0, 0.05) is 28.0 Å². The number of fused-ring (bicyclic) bond motifs is 2. The summed E-state index contributed by atoms with van der Waals surface area (Å²) in [4.78, 5) is 12.8. The van der Waals surface area contributed by atoms with E-state index in [0.717, 1.165) is 42.3 Å². The number of hydrogen-bond acceptors (Lipinski definition) is 2. The molecule has 1 unspecified atom stereocenters. The first-order valence-electron chi connectivity index (χ1n) is 10.3. The van der Waals surface area contributed by atoms with Gasteiger partial charge in [0.25, 0.3) is 0 Å². The van der Waals surface area contributed by atoms with E-state index in [1.54, 1.807) is 0 Å². The fraction of sp³-hybridized carbons (Fsp3) is 0.250. The summed E-state index contributed by atoms with van der Waals surface area (Å²) in [6.45, 7) is 1.03. The van der Waals surface area contributed by atoms with Crippen LogP contribution in [0.25, 0.3) is 10.9 Å². The molecule has 6 heteroatoms. The van der Waals surface area contributed by atoms with Crippen LogP contribution in [0.2, 0.25) is 5.02 Å². The van der Waals surface area contributed by atoms with Gasteiger partial charge in [-0.1, -0.05) is 48.0 Å². The van der Waals surface area contributed by atoms with Gasteiger partial charge in [0.1, 0.15) is 6.54 Å². The molecule has 4 aromatic rings. The minimum atomic E-state index is 0.00105. The average molecular weight is 419 g/mol. The zero-order valence-electron chi connectivity index (χ0n) is 16.6. The van der Waals surface area contributed by atoms with E-state index >= 15 is 0 Å². The van der Waals surface area contributed by atoms with Crippen molar-refractivity contribution in [3.8, 4) is 0 Å². The number of carbonyl (C=O) groups excluding carboxylic acids is 1. The molecule has 1 aliphatic rings. The summed E-state index contributed by atoms with van der Waals surface area (Å²) in [5.41, 5.74) is 4.57. The van der Waals surface area contributed by atoms with Gasteiger partial charge >= 0.3 is 0 Å². The van der Waals surface area contributed by atoms with Gasteiger partial charge in [-0.05, 0) is 48.4 Å². The lowest BCUT2D eigenvalue weighted by Gasteiger charge is -2.24. The molecule has 0 saturated carbocycles. The monoisotopic (exact) mass is 418 g/mol. The maximum Gasteiger partial charge on any atom is 0.240 e. The lowest BCUT2D eigenvalue weighted by molar-refractivity contribution is -0.122. The number of carbonyl (C=O) groups is 1. The van der Waals surface area contributed by atoms with E-state index in [9.17, 15) is 4.79 Å². The summed E-state index contributed by atoms with van der Waals surface area (Å²) >= 11 is 6.13. The highest BCUT2D eigenvalue weighted by Crippen LogP contribution is 2.30. The summed E-state index contributed by atoms with van der Waals surface area (Å²) in [6, 6.07) is 18.1. The fourth-order valence-electron chi connectivity index (χ4n) is 4.35. The van der Waals surface area contributed by atoms with E-state index in [-0.39, 0.29) is 18.5 Å². The lowest BCUT2D eigenvalue weighted by Crippen LogP contribution is -2.33. The van der Waals surface area contributed by atoms with Gasteiger partial charge in [-0.2, -0.15) is 5.10 Å². The van der Waals surface area contributed by atoms with Crippen LogP contribution >= 0.6 is 11.6 Å². The minimum absolute atomic E-state index is 0.00105. The van der Waals surface area contributed by atoms with Crippen LogP contribution in [-0.2, 0) is 24.3 Å². The third-order valence-corrected chi connectivity index (χ3v) is 6.06. The zero-order valence-corrected chi connectivity index (χ0v) is 17.3. The molecule has 0 aliphatic heterocycles. The number of benzene rings is 2. The summed E-state index contributed by atoms with van der Waals surface area (Å²) in [7, 11) is 0. The number of rotatable bonds is 5. The highest BCUT2D eigenvalue weighted by molar-refractivity contribution is 6.31. The summed E-state index contributed by atoms with van der Waals surface area (Å²) in [6.07, 6.45) is 6.84. The zero-order chi connectivity index (χ0) is 20.5. The molecule has 5 nitrogen and oxygen atoms in total. The van der Waals surface area contributed by atoms with Crippen molar-refractivity contribution in [3.63, 3.8) is 0 Å². The topological polar surface area (TPSA) is 51.9 Å². The molecule has 0 spiro atoms. The van der Waals surface area contributed by atoms with Crippen LogP contribution in [0, 0.1) is 0 Å². The van der Waals surface area contributed by atoms with Crippen molar-refractivity contribution in [1.82, 2.24) is 19.7 Å². The standard InChI is InChI=1S/C24H23ClN4O/c25-19-10-9-18-11-12-28(23(18)13-19)16-24(30)27-21-7-4-8-22-20(21)14-26-29(22)15-17-5-2-1-3-6-17/h1-3,5-6,9-14,21H,4,7-8,15-16H2,(H,27,30). The molecule has 2 aromatic heterocycles. The molecule has 0 saturated heterocycles. The quantitative estimate of drug-likeness (QED) is 0.509. The largest absolute Gasteiger partial charge is 0.348 e. The molecule has 1 N–H and O–H groups in total. The van der Waals surface area contributed by atoms with Gasteiger partial charge in [-0.3, -0.25) is 9.48 Å². The smallest absolute Gasteiger partial charge is 0.240 e. The third kappa shape index (κ3) is 3.73. The average Bonchev–Trinajstić information content (AvgIpc) is 3.34. The Balaban J connectivity index is 1.31. The van der Waals surface area contributed by atoms with Gasteiger partial charge in [0.05, 0.1) is 18.8 Å². The molecule has 1 atom stereocenters.